The van der Waals surface area contributed by atoms with Crippen molar-refractivity contribution in [2.45, 2.75) is 37.5 Å². The van der Waals surface area contributed by atoms with Crippen molar-refractivity contribution in [3.05, 3.63) is 54.1 Å². The van der Waals surface area contributed by atoms with Gasteiger partial charge >= 0.3 is 0 Å². The van der Waals surface area contributed by atoms with Gasteiger partial charge in [0.1, 0.15) is 5.75 Å². The zero-order valence-electron chi connectivity index (χ0n) is 16.9. The van der Waals surface area contributed by atoms with Gasteiger partial charge in [0.2, 0.25) is 15.9 Å². The van der Waals surface area contributed by atoms with Crippen molar-refractivity contribution >= 4 is 21.6 Å². The summed E-state index contributed by atoms with van der Waals surface area (Å²) in [6.07, 6.45) is 3.13. The topological polar surface area (TPSA) is 75.7 Å². The highest BCUT2D eigenvalue weighted by Crippen LogP contribution is 2.26. The fourth-order valence-electron chi connectivity index (χ4n) is 3.54. The summed E-state index contributed by atoms with van der Waals surface area (Å²) >= 11 is 0. The summed E-state index contributed by atoms with van der Waals surface area (Å²) in [5.41, 5.74) is 2.03. The number of sulfonamides is 1. The quantitative estimate of drug-likeness (QED) is 0.747. The average Bonchev–Trinajstić information content (AvgIpc) is 2.75. The molecule has 1 fully saturated rings. The molecule has 1 heterocycles. The third-order valence-corrected chi connectivity index (χ3v) is 7.19. The van der Waals surface area contributed by atoms with E-state index in [1.807, 2.05) is 24.3 Å². The lowest BCUT2D eigenvalue weighted by molar-refractivity contribution is -0.120. The number of anilines is 1. The number of aryl methyl sites for hydroxylation is 1. The molecule has 3 rings (SSSR count). The molecule has 6 nitrogen and oxygen atoms in total. The first-order chi connectivity index (χ1) is 13.9. The largest absolute Gasteiger partial charge is 0.497 e. The molecule has 156 valence electrons. The molecule has 1 aliphatic heterocycles. The van der Waals surface area contributed by atoms with E-state index in [9.17, 15) is 13.2 Å². The maximum absolute atomic E-state index is 12.8. The van der Waals surface area contributed by atoms with Gasteiger partial charge < -0.3 is 10.1 Å². The van der Waals surface area contributed by atoms with Crippen LogP contribution in [0.2, 0.25) is 0 Å². The van der Waals surface area contributed by atoms with Crippen LogP contribution >= 0.6 is 0 Å². The van der Waals surface area contributed by atoms with Gasteiger partial charge in [0.25, 0.3) is 0 Å². The number of benzene rings is 2. The third-order valence-electron chi connectivity index (χ3n) is 5.28. The van der Waals surface area contributed by atoms with Crippen LogP contribution in [0.4, 0.5) is 5.69 Å². The van der Waals surface area contributed by atoms with E-state index in [-0.39, 0.29) is 16.7 Å². The predicted molar refractivity (Wildman–Crippen MR) is 114 cm³/mol. The number of carbonyl (C=O) groups excluding carboxylic acids is 1. The molecule has 2 aromatic rings. The molecule has 1 aliphatic rings. The zero-order valence-corrected chi connectivity index (χ0v) is 17.7. The number of nitrogens with zero attached hydrogens (tertiary/aromatic N) is 1. The van der Waals surface area contributed by atoms with E-state index < -0.39 is 10.0 Å². The van der Waals surface area contributed by atoms with Crippen LogP contribution in [-0.4, -0.2) is 38.8 Å². The minimum atomic E-state index is -3.56. The highest BCUT2D eigenvalue weighted by molar-refractivity contribution is 7.89. The van der Waals surface area contributed by atoms with E-state index >= 15 is 0 Å². The molecule has 0 aromatic heterocycles. The van der Waals surface area contributed by atoms with Gasteiger partial charge in [0, 0.05) is 24.7 Å². The second-order valence-corrected chi connectivity index (χ2v) is 9.23. The normalized spacial score (nSPS) is 15.8. The number of amides is 1. The summed E-state index contributed by atoms with van der Waals surface area (Å²) in [5, 5.41) is 2.96. The predicted octanol–water partition coefficient (Wildman–Crippen LogP) is 3.69. The molecule has 0 bridgehead atoms. The summed E-state index contributed by atoms with van der Waals surface area (Å²) in [5.74, 6) is 0.379. The van der Waals surface area contributed by atoms with Gasteiger partial charge in [-0.3, -0.25) is 4.79 Å². The van der Waals surface area contributed by atoms with E-state index in [2.05, 4.69) is 12.2 Å². The second-order valence-electron chi connectivity index (χ2n) is 7.29. The average molecular weight is 417 g/mol. The number of carbonyl (C=O) groups is 1. The molecule has 29 heavy (non-hydrogen) atoms. The summed E-state index contributed by atoms with van der Waals surface area (Å²) in [7, 11) is -2.02. The molecule has 0 unspecified atom stereocenters. The van der Waals surface area contributed by atoms with Gasteiger partial charge in [-0.2, -0.15) is 4.31 Å². The van der Waals surface area contributed by atoms with Crippen LogP contribution in [0.3, 0.4) is 0 Å². The van der Waals surface area contributed by atoms with Crippen molar-refractivity contribution in [2.24, 2.45) is 5.92 Å². The Morgan fingerprint density at radius 1 is 1.07 bits per heavy atom. The number of hydrogen-bond acceptors (Lipinski definition) is 4. The molecule has 0 atom stereocenters. The van der Waals surface area contributed by atoms with E-state index in [1.165, 1.54) is 9.87 Å². The minimum absolute atomic E-state index is 0.0465. The third kappa shape index (κ3) is 5.16. The molecule has 2 aromatic carbocycles. The molecule has 1 saturated heterocycles. The highest BCUT2D eigenvalue weighted by atomic mass is 32.2. The first-order valence-electron chi connectivity index (χ1n) is 9.98. The lowest BCUT2D eigenvalue weighted by Gasteiger charge is -2.30. The maximum Gasteiger partial charge on any atom is 0.243 e. The summed E-state index contributed by atoms with van der Waals surface area (Å²) in [6, 6.07) is 14.3. The summed E-state index contributed by atoms with van der Waals surface area (Å²) < 4.78 is 32.2. The fourth-order valence-corrected chi connectivity index (χ4v) is 5.01. The van der Waals surface area contributed by atoms with Crippen molar-refractivity contribution in [1.29, 1.82) is 0 Å². The van der Waals surface area contributed by atoms with Crippen LogP contribution < -0.4 is 10.1 Å². The number of rotatable bonds is 7. The second kappa shape index (κ2) is 9.41. The van der Waals surface area contributed by atoms with E-state index in [0.717, 1.165) is 18.5 Å². The first-order valence-corrected chi connectivity index (χ1v) is 11.4. The van der Waals surface area contributed by atoms with Gasteiger partial charge in [0.15, 0.2) is 0 Å². The molecule has 1 N–H and O–H groups in total. The number of methoxy groups -OCH3 is 1. The monoisotopic (exact) mass is 416 g/mol. The Kier molecular flexibility index (Phi) is 6.92. The highest BCUT2D eigenvalue weighted by Gasteiger charge is 2.32. The zero-order chi connectivity index (χ0) is 20.9. The Balaban J connectivity index is 1.56. The standard InChI is InChI=1S/C22H28N2O4S/c1-3-4-17-5-7-19(8-6-17)23-22(25)18-13-15-24(16-14-18)29(26,27)21-11-9-20(28-2)10-12-21/h5-12,18H,3-4,13-16H2,1-2H3,(H,23,25). The molecule has 0 saturated carbocycles. The number of piperidine rings is 1. The Morgan fingerprint density at radius 2 is 1.69 bits per heavy atom. The molecule has 0 aliphatic carbocycles. The van der Waals surface area contributed by atoms with Gasteiger partial charge in [-0.05, 0) is 61.2 Å². The lowest BCUT2D eigenvalue weighted by Crippen LogP contribution is -2.41. The molecule has 7 heteroatoms. The molecular formula is C22H28N2O4S. The van der Waals surface area contributed by atoms with Crippen LogP contribution in [-0.2, 0) is 21.2 Å². The van der Waals surface area contributed by atoms with Crippen molar-refractivity contribution in [3.8, 4) is 5.75 Å². The van der Waals surface area contributed by atoms with Crippen molar-refractivity contribution in [3.63, 3.8) is 0 Å². The van der Waals surface area contributed by atoms with E-state index in [1.54, 1.807) is 31.4 Å². The smallest absolute Gasteiger partial charge is 0.243 e. The van der Waals surface area contributed by atoms with Crippen LogP contribution in [0.5, 0.6) is 5.75 Å². The summed E-state index contributed by atoms with van der Waals surface area (Å²) in [6.45, 7) is 2.81. The first kappa shape index (κ1) is 21.3. The lowest BCUT2D eigenvalue weighted by atomic mass is 9.97. The number of hydrogen-bond donors (Lipinski definition) is 1. The Hall–Kier alpha value is -2.38. The number of nitrogens with one attached hydrogen (secondary N) is 1. The molecule has 0 spiro atoms. The van der Waals surface area contributed by atoms with Crippen LogP contribution in [0.1, 0.15) is 31.7 Å². The Bertz CT molecular complexity index is 916. The van der Waals surface area contributed by atoms with Crippen LogP contribution in [0.25, 0.3) is 0 Å². The van der Waals surface area contributed by atoms with Gasteiger partial charge in [-0.15, -0.1) is 0 Å². The van der Waals surface area contributed by atoms with Crippen LogP contribution in [0, 0.1) is 5.92 Å². The van der Waals surface area contributed by atoms with Crippen LogP contribution in [0.15, 0.2) is 53.4 Å². The molecular weight excluding hydrogens is 388 g/mol. The van der Waals surface area contributed by atoms with E-state index in [0.29, 0.717) is 31.7 Å². The Labute approximate surface area is 172 Å². The molecule has 0 radical (unpaired) electrons. The van der Waals surface area contributed by atoms with Crippen molar-refractivity contribution in [1.82, 2.24) is 4.31 Å². The van der Waals surface area contributed by atoms with Gasteiger partial charge in [0.05, 0.1) is 12.0 Å². The SMILES string of the molecule is CCCc1ccc(NC(=O)C2CCN(S(=O)(=O)c3ccc(OC)cc3)CC2)cc1. The van der Waals surface area contributed by atoms with Gasteiger partial charge in [-0.25, -0.2) is 8.42 Å². The van der Waals surface area contributed by atoms with E-state index in [4.69, 9.17) is 4.74 Å². The maximum atomic E-state index is 12.8. The van der Waals surface area contributed by atoms with Gasteiger partial charge in [-0.1, -0.05) is 25.5 Å². The van der Waals surface area contributed by atoms with Crippen molar-refractivity contribution in [2.75, 3.05) is 25.5 Å². The fraction of sp³-hybridized carbons (Fsp3) is 0.409. The number of ether oxygens (including phenoxy) is 1. The Morgan fingerprint density at radius 3 is 2.24 bits per heavy atom. The minimum Gasteiger partial charge on any atom is -0.497 e. The molecule has 1 amide bonds. The summed E-state index contributed by atoms with van der Waals surface area (Å²) in [4.78, 5) is 12.8. The van der Waals surface area contributed by atoms with Crippen molar-refractivity contribution < 1.29 is 17.9 Å².